The highest BCUT2D eigenvalue weighted by Crippen LogP contribution is 2.29. The van der Waals surface area contributed by atoms with E-state index in [-0.39, 0.29) is 41.9 Å². The molecule has 6 heteroatoms. The molecule has 0 bridgehead atoms. The van der Waals surface area contributed by atoms with Gasteiger partial charge in [-0.15, -0.1) is 11.6 Å². The maximum atomic E-state index is 11.7. The van der Waals surface area contributed by atoms with Crippen LogP contribution in [0.5, 0.6) is 0 Å². The number of rotatable bonds is 5. The number of Topliss-reactive ketones (excluding diaryl/α,β-unsaturated/α-hetero) is 1. The molecule has 1 aliphatic carbocycles. The van der Waals surface area contributed by atoms with Gasteiger partial charge in [0.1, 0.15) is 0 Å². The molecule has 0 spiro atoms. The summed E-state index contributed by atoms with van der Waals surface area (Å²) in [5.74, 6) is -0.830. The van der Waals surface area contributed by atoms with Crippen LogP contribution in [0.15, 0.2) is 0 Å². The third-order valence-electron chi connectivity index (χ3n) is 3.24. The summed E-state index contributed by atoms with van der Waals surface area (Å²) in [7, 11) is 1.37. The Balaban J connectivity index is 2.31. The summed E-state index contributed by atoms with van der Waals surface area (Å²) in [6.07, 6.45) is 2.63. The Kier molecular flexibility index (Phi) is 6.12. The summed E-state index contributed by atoms with van der Waals surface area (Å²) in [6.45, 7) is -0.0146. The first kappa shape index (κ1) is 15.0. The van der Waals surface area contributed by atoms with E-state index >= 15 is 0 Å². The van der Waals surface area contributed by atoms with E-state index in [1.165, 1.54) is 7.11 Å². The molecule has 1 amide bonds. The minimum absolute atomic E-state index is 0.0146. The van der Waals surface area contributed by atoms with Crippen molar-refractivity contribution < 1.29 is 19.1 Å². The molecule has 0 aliphatic heterocycles. The van der Waals surface area contributed by atoms with Crippen LogP contribution in [0.4, 0.5) is 0 Å². The van der Waals surface area contributed by atoms with Crippen molar-refractivity contribution in [2.24, 2.45) is 11.8 Å². The van der Waals surface area contributed by atoms with Crippen molar-refractivity contribution in [2.45, 2.75) is 25.7 Å². The van der Waals surface area contributed by atoms with Crippen LogP contribution in [-0.2, 0) is 19.1 Å². The van der Waals surface area contributed by atoms with Crippen molar-refractivity contribution in [2.75, 3.05) is 19.5 Å². The van der Waals surface area contributed by atoms with Crippen LogP contribution >= 0.6 is 11.6 Å². The lowest BCUT2D eigenvalue weighted by molar-refractivity contribution is -0.147. The highest BCUT2D eigenvalue weighted by Gasteiger charge is 2.30. The fraction of sp³-hybridized carbons (Fsp3) is 0.750. The quantitative estimate of drug-likeness (QED) is 0.597. The van der Waals surface area contributed by atoms with Crippen LogP contribution in [0.2, 0.25) is 0 Å². The number of carbonyl (C=O) groups is 3. The van der Waals surface area contributed by atoms with Gasteiger partial charge in [0, 0.05) is 5.92 Å². The molecule has 0 aromatic carbocycles. The number of ketones is 1. The second kappa shape index (κ2) is 7.36. The first-order valence-corrected chi connectivity index (χ1v) is 6.55. The molecule has 5 nitrogen and oxygen atoms in total. The number of ether oxygens (including phenoxy) is 1. The molecular formula is C12H18ClNO4. The molecule has 0 aromatic heterocycles. The topological polar surface area (TPSA) is 72.5 Å². The van der Waals surface area contributed by atoms with E-state index < -0.39 is 0 Å². The van der Waals surface area contributed by atoms with Crippen LogP contribution in [0, 0.1) is 11.8 Å². The number of alkyl halides is 1. The first-order chi connectivity index (χ1) is 8.58. The van der Waals surface area contributed by atoms with Crippen molar-refractivity contribution in [3.05, 3.63) is 0 Å². The van der Waals surface area contributed by atoms with Gasteiger partial charge in [-0.2, -0.15) is 0 Å². The lowest BCUT2D eigenvalue weighted by atomic mass is 9.81. The third kappa shape index (κ3) is 4.29. The molecule has 1 saturated carbocycles. The number of methoxy groups -OCH3 is 1. The number of esters is 1. The van der Waals surface area contributed by atoms with Crippen LogP contribution < -0.4 is 5.32 Å². The van der Waals surface area contributed by atoms with Crippen molar-refractivity contribution in [3.8, 4) is 0 Å². The number of hydrogen-bond donors (Lipinski definition) is 1. The molecule has 1 rings (SSSR count). The fourth-order valence-corrected chi connectivity index (χ4v) is 2.23. The maximum Gasteiger partial charge on any atom is 0.308 e. The first-order valence-electron chi connectivity index (χ1n) is 6.01. The van der Waals surface area contributed by atoms with Crippen molar-refractivity contribution >= 4 is 29.3 Å². The van der Waals surface area contributed by atoms with Gasteiger partial charge in [-0.05, 0) is 25.7 Å². The smallest absolute Gasteiger partial charge is 0.308 e. The molecule has 0 atom stereocenters. The minimum atomic E-state index is -0.203. The zero-order valence-corrected chi connectivity index (χ0v) is 11.2. The van der Waals surface area contributed by atoms with Gasteiger partial charge in [0.25, 0.3) is 0 Å². The standard InChI is InChI=1S/C12H18ClNO4/c1-18-12(17)9-4-2-8(3-5-9)11(16)14-7-10(15)6-13/h8-9H,2-7H2,1H3,(H,14,16). The molecule has 0 saturated heterocycles. The van der Waals surface area contributed by atoms with E-state index in [0.29, 0.717) is 25.7 Å². The molecule has 0 unspecified atom stereocenters. The average Bonchev–Trinajstić information content (AvgIpc) is 2.43. The van der Waals surface area contributed by atoms with E-state index in [4.69, 9.17) is 11.6 Å². The largest absolute Gasteiger partial charge is 0.469 e. The molecule has 1 aliphatic rings. The molecule has 1 N–H and O–H groups in total. The van der Waals surface area contributed by atoms with Gasteiger partial charge in [-0.25, -0.2) is 0 Å². The van der Waals surface area contributed by atoms with Crippen molar-refractivity contribution in [1.29, 1.82) is 0 Å². The summed E-state index contributed by atoms with van der Waals surface area (Å²) in [5.41, 5.74) is 0. The normalized spacial score (nSPS) is 23.2. The van der Waals surface area contributed by atoms with Crippen LogP contribution in [-0.4, -0.2) is 37.2 Å². The number of carbonyl (C=O) groups excluding carboxylic acids is 3. The zero-order chi connectivity index (χ0) is 13.5. The second-order valence-corrected chi connectivity index (χ2v) is 4.73. The monoisotopic (exact) mass is 275 g/mol. The van der Waals surface area contributed by atoms with Crippen molar-refractivity contribution in [3.63, 3.8) is 0 Å². The van der Waals surface area contributed by atoms with Gasteiger partial charge >= 0.3 is 5.97 Å². The van der Waals surface area contributed by atoms with E-state index in [0.717, 1.165) is 0 Å². The highest BCUT2D eigenvalue weighted by molar-refractivity contribution is 6.28. The molecular weight excluding hydrogens is 258 g/mol. The van der Waals surface area contributed by atoms with Crippen LogP contribution in [0.3, 0.4) is 0 Å². The van der Waals surface area contributed by atoms with Gasteiger partial charge in [0.2, 0.25) is 5.91 Å². The molecule has 102 valence electrons. The van der Waals surface area contributed by atoms with Gasteiger partial charge < -0.3 is 10.1 Å². The SMILES string of the molecule is COC(=O)C1CCC(C(=O)NCC(=O)CCl)CC1. The summed E-state index contributed by atoms with van der Waals surface area (Å²) < 4.78 is 4.68. The Labute approximate surface area is 111 Å². The number of hydrogen-bond acceptors (Lipinski definition) is 4. The lowest BCUT2D eigenvalue weighted by Crippen LogP contribution is -2.37. The molecule has 0 radical (unpaired) electrons. The summed E-state index contributed by atoms with van der Waals surface area (Å²) >= 11 is 5.34. The number of amides is 1. The Morgan fingerprint density at radius 3 is 2.22 bits per heavy atom. The Morgan fingerprint density at radius 1 is 1.17 bits per heavy atom. The van der Waals surface area contributed by atoms with Gasteiger partial charge in [0.15, 0.2) is 5.78 Å². The fourth-order valence-electron chi connectivity index (χ4n) is 2.14. The molecule has 1 fully saturated rings. The highest BCUT2D eigenvalue weighted by atomic mass is 35.5. The van der Waals surface area contributed by atoms with E-state index in [2.05, 4.69) is 10.1 Å². The van der Waals surface area contributed by atoms with Crippen molar-refractivity contribution in [1.82, 2.24) is 5.32 Å². The van der Waals surface area contributed by atoms with Gasteiger partial charge in [-0.3, -0.25) is 14.4 Å². The lowest BCUT2D eigenvalue weighted by Gasteiger charge is -2.25. The van der Waals surface area contributed by atoms with E-state index in [9.17, 15) is 14.4 Å². The Bertz CT molecular complexity index is 324. The molecule has 0 heterocycles. The van der Waals surface area contributed by atoms with E-state index in [1.54, 1.807) is 0 Å². The second-order valence-electron chi connectivity index (χ2n) is 4.46. The average molecular weight is 276 g/mol. The summed E-state index contributed by atoms with van der Waals surface area (Å²) in [4.78, 5) is 34.0. The zero-order valence-electron chi connectivity index (χ0n) is 10.4. The summed E-state index contributed by atoms with van der Waals surface area (Å²) in [6, 6.07) is 0. The predicted octanol–water partition coefficient (Wildman–Crippen LogP) is 0.890. The van der Waals surface area contributed by atoms with Gasteiger partial charge in [0.05, 0.1) is 25.5 Å². The van der Waals surface area contributed by atoms with E-state index in [1.807, 2.05) is 0 Å². The summed E-state index contributed by atoms with van der Waals surface area (Å²) in [5, 5.41) is 2.57. The minimum Gasteiger partial charge on any atom is -0.469 e. The molecule has 18 heavy (non-hydrogen) atoms. The van der Waals surface area contributed by atoms with Crippen LogP contribution in [0.1, 0.15) is 25.7 Å². The Hall–Kier alpha value is -1.10. The molecule has 0 aromatic rings. The Morgan fingerprint density at radius 2 is 1.72 bits per heavy atom. The third-order valence-corrected chi connectivity index (χ3v) is 3.54. The van der Waals surface area contributed by atoms with Gasteiger partial charge in [-0.1, -0.05) is 0 Å². The predicted molar refractivity (Wildman–Crippen MR) is 66.2 cm³/mol. The van der Waals surface area contributed by atoms with Crippen LogP contribution in [0.25, 0.3) is 0 Å². The number of halogens is 1. The maximum absolute atomic E-state index is 11.7. The number of nitrogens with one attached hydrogen (secondary N) is 1.